The summed E-state index contributed by atoms with van der Waals surface area (Å²) in [7, 11) is 0. The Hall–Kier alpha value is -1.95. The third-order valence-corrected chi connectivity index (χ3v) is 4.95. The lowest BCUT2D eigenvalue weighted by Gasteiger charge is -2.31. The van der Waals surface area contributed by atoms with Gasteiger partial charge in [0.2, 0.25) is 0 Å². The monoisotopic (exact) mass is 334 g/mol. The van der Waals surface area contributed by atoms with E-state index >= 15 is 0 Å². The number of fused-ring (bicyclic) bond motifs is 1. The highest BCUT2D eigenvalue weighted by atomic mass is 16.6. The predicted octanol–water partition coefficient (Wildman–Crippen LogP) is 1.95. The average Bonchev–Trinajstić information content (AvgIpc) is 3.09. The lowest BCUT2D eigenvalue weighted by Crippen LogP contribution is -2.47. The number of ether oxygens (including phenoxy) is 2. The van der Waals surface area contributed by atoms with Gasteiger partial charge in [0.25, 0.3) is 0 Å². The molecule has 1 saturated carbocycles. The molecule has 1 atom stereocenters. The lowest BCUT2D eigenvalue weighted by molar-refractivity contribution is 0.171. The van der Waals surface area contributed by atoms with Crippen molar-refractivity contribution >= 4 is 6.03 Å². The second-order valence-electron chi connectivity index (χ2n) is 6.76. The molecule has 1 heterocycles. The molecule has 3 N–H and O–H groups in total. The first-order valence-electron chi connectivity index (χ1n) is 8.68. The van der Waals surface area contributed by atoms with Crippen molar-refractivity contribution in [3.63, 3.8) is 0 Å². The molecule has 0 spiro atoms. The SMILES string of the molecule is C[C@@H](CO)NC(=O)NCC1(c2ccc3c(c2)OCCO3)CCCC1. The van der Waals surface area contributed by atoms with Gasteiger partial charge in [0, 0.05) is 12.0 Å². The van der Waals surface area contributed by atoms with Crippen LogP contribution in [-0.2, 0) is 5.41 Å². The first-order chi connectivity index (χ1) is 11.6. The molecule has 0 radical (unpaired) electrons. The number of aliphatic hydroxyl groups is 1. The summed E-state index contributed by atoms with van der Waals surface area (Å²) in [4.78, 5) is 12.0. The number of rotatable bonds is 5. The molecule has 0 unspecified atom stereocenters. The minimum Gasteiger partial charge on any atom is -0.486 e. The van der Waals surface area contributed by atoms with Gasteiger partial charge < -0.3 is 25.2 Å². The number of hydrogen-bond donors (Lipinski definition) is 3. The number of carbonyl (C=O) groups is 1. The van der Waals surface area contributed by atoms with Crippen molar-refractivity contribution in [3.8, 4) is 11.5 Å². The van der Waals surface area contributed by atoms with E-state index in [1.807, 2.05) is 6.07 Å². The number of amides is 2. The third-order valence-electron chi connectivity index (χ3n) is 4.95. The molecule has 0 aromatic heterocycles. The zero-order chi connectivity index (χ0) is 17.0. The van der Waals surface area contributed by atoms with Crippen LogP contribution in [0.4, 0.5) is 4.79 Å². The molecule has 1 aliphatic heterocycles. The Kier molecular flexibility index (Phi) is 5.14. The van der Waals surface area contributed by atoms with Crippen LogP contribution in [0.5, 0.6) is 11.5 Å². The second-order valence-corrected chi connectivity index (χ2v) is 6.76. The van der Waals surface area contributed by atoms with Crippen LogP contribution in [0.1, 0.15) is 38.2 Å². The zero-order valence-electron chi connectivity index (χ0n) is 14.1. The van der Waals surface area contributed by atoms with Crippen molar-refractivity contribution < 1.29 is 19.4 Å². The fourth-order valence-electron chi connectivity index (χ4n) is 3.56. The van der Waals surface area contributed by atoms with Gasteiger partial charge in [-0.05, 0) is 37.5 Å². The minimum absolute atomic E-state index is 0.0599. The Morgan fingerprint density at radius 1 is 1.25 bits per heavy atom. The second kappa shape index (κ2) is 7.30. The average molecular weight is 334 g/mol. The number of nitrogens with one attached hydrogen (secondary N) is 2. The number of hydrogen-bond acceptors (Lipinski definition) is 4. The van der Waals surface area contributed by atoms with Gasteiger partial charge in [0.15, 0.2) is 11.5 Å². The Bertz CT molecular complexity index is 584. The largest absolute Gasteiger partial charge is 0.486 e. The van der Waals surface area contributed by atoms with Crippen molar-refractivity contribution in [2.24, 2.45) is 0 Å². The zero-order valence-corrected chi connectivity index (χ0v) is 14.1. The molecule has 0 saturated heterocycles. The number of carbonyl (C=O) groups excluding carboxylic acids is 1. The topological polar surface area (TPSA) is 79.8 Å². The molecule has 132 valence electrons. The Labute approximate surface area is 142 Å². The fraction of sp³-hybridized carbons (Fsp3) is 0.611. The van der Waals surface area contributed by atoms with E-state index in [4.69, 9.17) is 14.6 Å². The lowest BCUT2D eigenvalue weighted by atomic mass is 9.78. The van der Waals surface area contributed by atoms with Crippen LogP contribution >= 0.6 is 0 Å². The summed E-state index contributed by atoms with van der Waals surface area (Å²) < 4.78 is 11.3. The highest BCUT2D eigenvalue weighted by Gasteiger charge is 2.36. The van der Waals surface area contributed by atoms with Crippen molar-refractivity contribution in [3.05, 3.63) is 23.8 Å². The molecule has 1 aliphatic carbocycles. The minimum atomic E-state index is -0.251. The highest BCUT2D eigenvalue weighted by Crippen LogP contribution is 2.43. The normalized spacial score (nSPS) is 19.6. The first kappa shape index (κ1) is 16.9. The molecule has 6 nitrogen and oxygen atoms in total. The molecule has 2 aliphatic rings. The Morgan fingerprint density at radius 2 is 1.96 bits per heavy atom. The summed E-state index contributed by atoms with van der Waals surface area (Å²) in [6.45, 7) is 3.44. The third kappa shape index (κ3) is 3.59. The van der Waals surface area contributed by atoms with Crippen LogP contribution < -0.4 is 20.1 Å². The smallest absolute Gasteiger partial charge is 0.315 e. The van der Waals surface area contributed by atoms with Crippen molar-refractivity contribution in [1.29, 1.82) is 0 Å². The molecule has 24 heavy (non-hydrogen) atoms. The molecule has 0 bridgehead atoms. The van der Waals surface area contributed by atoms with E-state index in [9.17, 15) is 4.79 Å². The van der Waals surface area contributed by atoms with Crippen LogP contribution in [0, 0.1) is 0 Å². The van der Waals surface area contributed by atoms with Gasteiger partial charge in [-0.25, -0.2) is 4.79 Å². The number of benzene rings is 1. The van der Waals surface area contributed by atoms with E-state index < -0.39 is 0 Å². The highest BCUT2D eigenvalue weighted by molar-refractivity contribution is 5.74. The van der Waals surface area contributed by atoms with E-state index in [2.05, 4.69) is 22.8 Å². The maximum atomic E-state index is 12.0. The summed E-state index contributed by atoms with van der Waals surface area (Å²) >= 11 is 0. The van der Waals surface area contributed by atoms with Crippen LogP contribution in [0.25, 0.3) is 0 Å². The van der Waals surface area contributed by atoms with Crippen LogP contribution in [0.2, 0.25) is 0 Å². The first-order valence-corrected chi connectivity index (χ1v) is 8.68. The molecular weight excluding hydrogens is 308 g/mol. The van der Waals surface area contributed by atoms with E-state index in [0.717, 1.165) is 37.2 Å². The van der Waals surface area contributed by atoms with Gasteiger partial charge in [0.05, 0.1) is 12.6 Å². The van der Waals surface area contributed by atoms with E-state index in [1.54, 1.807) is 6.92 Å². The van der Waals surface area contributed by atoms with Gasteiger partial charge >= 0.3 is 6.03 Å². The Balaban J connectivity index is 1.72. The molecule has 6 heteroatoms. The van der Waals surface area contributed by atoms with E-state index in [0.29, 0.717) is 19.8 Å². The number of urea groups is 1. The van der Waals surface area contributed by atoms with E-state index in [-0.39, 0.29) is 24.1 Å². The van der Waals surface area contributed by atoms with Crippen LogP contribution in [-0.4, -0.2) is 43.5 Å². The van der Waals surface area contributed by atoms with E-state index in [1.165, 1.54) is 5.56 Å². The summed E-state index contributed by atoms with van der Waals surface area (Å²) in [5.74, 6) is 1.59. The van der Waals surface area contributed by atoms with Crippen LogP contribution in [0.3, 0.4) is 0 Å². The molecule has 1 aromatic carbocycles. The summed E-state index contributed by atoms with van der Waals surface area (Å²) in [6, 6.07) is 5.64. The Morgan fingerprint density at radius 3 is 2.67 bits per heavy atom. The van der Waals surface area contributed by atoms with Gasteiger partial charge in [-0.2, -0.15) is 0 Å². The maximum absolute atomic E-state index is 12.0. The fourth-order valence-corrected chi connectivity index (χ4v) is 3.56. The molecule has 1 aromatic rings. The quantitative estimate of drug-likeness (QED) is 0.769. The van der Waals surface area contributed by atoms with Crippen molar-refractivity contribution in [1.82, 2.24) is 10.6 Å². The van der Waals surface area contributed by atoms with Crippen molar-refractivity contribution in [2.75, 3.05) is 26.4 Å². The van der Waals surface area contributed by atoms with Gasteiger partial charge in [-0.1, -0.05) is 18.9 Å². The van der Waals surface area contributed by atoms with Gasteiger partial charge in [-0.3, -0.25) is 0 Å². The van der Waals surface area contributed by atoms with Crippen molar-refractivity contribution in [2.45, 2.75) is 44.1 Å². The summed E-state index contributed by atoms with van der Waals surface area (Å²) in [5.41, 5.74) is 1.13. The molecule has 3 rings (SSSR count). The van der Waals surface area contributed by atoms with Crippen LogP contribution in [0.15, 0.2) is 18.2 Å². The summed E-state index contributed by atoms with van der Waals surface area (Å²) in [5, 5.41) is 14.7. The molecule has 2 amide bonds. The number of aliphatic hydroxyl groups excluding tert-OH is 1. The van der Waals surface area contributed by atoms with Gasteiger partial charge in [-0.15, -0.1) is 0 Å². The standard InChI is InChI=1S/C18H26N2O4/c1-13(11-21)20-17(22)19-12-18(6-2-3-7-18)14-4-5-15-16(10-14)24-9-8-23-15/h4-5,10,13,21H,2-3,6-9,11-12H2,1H3,(H2,19,20,22)/t13-/m0/s1. The summed E-state index contributed by atoms with van der Waals surface area (Å²) in [6.07, 6.45) is 4.40. The molecular formula is C18H26N2O4. The predicted molar refractivity (Wildman–Crippen MR) is 90.7 cm³/mol. The maximum Gasteiger partial charge on any atom is 0.315 e. The molecule has 1 fully saturated rings. The van der Waals surface area contributed by atoms with Gasteiger partial charge in [0.1, 0.15) is 13.2 Å².